The largest absolute Gasteiger partial charge is 0.357 e. The normalized spacial score (nSPS) is 19.8. The second kappa shape index (κ2) is 5.25. The van der Waals surface area contributed by atoms with Crippen LogP contribution in [0.25, 0.3) is 0 Å². The van der Waals surface area contributed by atoms with Crippen LogP contribution >= 0.6 is 0 Å². The highest BCUT2D eigenvalue weighted by Crippen LogP contribution is 2.23. The minimum atomic E-state index is 0.368. The summed E-state index contributed by atoms with van der Waals surface area (Å²) in [4.78, 5) is 10.5. The molecule has 1 saturated heterocycles. The van der Waals surface area contributed by atoms with Crippen molar-refractivity contribution in [1.29, 1.82) is 0 Å². The highest BCUT2D eigenvalue weighted by Gasteiger charge is 2.23. The summed E-state index contributed by atoms with van der Waals surface area (Å²) in [6.45, 7) is 4.30. The summed E-state index contributed by atoms with van der Waals surface area (Å²) in [5.74, 6) is 1.72. The van der Waals surface area contributed by atoms with Crippen molar-refractivity contribution in [2.24, 2.45) is 11.7 Å². The van der Waals surface area contributed by atoms with Crippen LogP contribution in [0, 0.1) is 5.92 Å². The van der Waals surface area contributed by atoms with E-state index in [4.69, 9.17) is 5.73 Å². The molecule has 88 valence electrons. The molecule has 1 fully saturated rings. The lowest BCUT2D eigenvalue weighted by atomic mass is 9.88. The van der Waals surface area contributed by atoms with E-state index >= 15 is 0 Å². The molecule has 2 N–H and O–H groups in total. The number of anilines is 1. The summed E-state index contributed by atoms with van der Waals surface area (Å²) in [7, 11) is 0. The topological polar surface area (TPSA) is 55.0 Å². The molecule has 1 unspecified atom stereocenters. The van der Waals surface area contributed by atoms with Gasteiger partial charge in [0.1, 0.15) is 12.1 Å². The van der Waals surface area contributed by atoms with Crippen molar-refractivity contribution in [1.82, 2.24) is 9.97 Å². The van der Waals surface area contributed by atoms with Crippen LogP contribution in [0.5, 0.6) is 0 Å². The number of nitrogens with zero attached hydrogens (tertiary/aromatic N) is 3. The standard InChI is InChI=1S/C12H20N4/c1-2-11(13)10-4-7-16(8-5-10)12-3-6-14-9-15-12/h3,6,9-11H,2,4-5,7-8,13H2,1H3. The third-order valence-corrected chi connectivity index (χ3v) is 3.51. The van der Waals surface area contributed by atoms with E-state index in [1.54, 1.807) is 12.5 Å². The zero-order chi connectivity index (χ0) is 11.4. The summed E-state index contributed by atoms with van der Waals surface area (Å²) in [6, 6.07) is 2.34. The monoisotopic (exact) mass is 220 g/mol. The van der Waals surface area contributed by atoms with E-state index in [1.807, 2.05) is 6.07 Å². The quantitative estimate of drug-likeness (QED) is 0.837. The zero-order valence-corrected chi connectivity index (χ0v) is 9.84. The summed E-state index contributed by atoms with van der Waals surface area (Å²) >= 11 is 0. The molecule has 2 heterocycles. The van der Waals surface area contributed by atoms with Gasteiger partial charge in [0.15, 0.2) is 0 Å². The molecule has 1 aliphatic heterocycles. The first-order valence-electron chi connectivity index (χ1n) is 6.07. The molecule has 1 aromatic rings. The molecule has 1 aliphatic rings. The van der Waals surface area contributed by atoms with E-state index in [-0.39, 0.29) is 0 Å². The number of hydrogen-bond acceptors (Lipinski definition) is 4. The molecule has 0 amide bonds. The fourth-order valence-corrected chi connectivity index (χ4v) is 2.36. The molecule has 0 aromatic carbocycles. The molecule has 4 nitrogen and oxygen atoms in total. The maximum atomic E-state index is 6.09. The van der Waals surface area contributed by atoms with Gasteiger partial charge in [-0.25, -0.2) is 9.97 Å². The fraction of sp³-hybridized carbons (Fsp3) is 0.667. The lowest BCUT2D eigenvalue weighted by molar-refractivity contribution is 0.333. The van der Waals surface area contributed by atoms with Crippen LogP contribution in [0.1, 0.15) is 26.2 Å². The number of piperidine rings is 1. The van der Waals surface area contributed by atoms with Crippen molar-refractivity contribution < 1.29 is 0 Å². The predicted octanol–water partition coefficient (Wildman–Crippen LogP) is 1.43. The zero-order valence-electron chi connectivity index (χ0n) is 9.84. The van der Waals surface area contributed by atoms with E-state index in [0.29, 0.717) is 12.0 Å². The van der Waals surface area contributed by atoms with E-state index in [2.05, 4.69) is 21.8 Å². The van der Waals surface area contributed by atoms with Crippen molar-refractivity contribution in [3.8, 4) is 0 Å². The fourth-order valence-electron chi connectivity index (χ4n) is 2.36. The molecule has 4 heteroatoms. The van der Waals surface area contributed by atoms with Crippen molar-refractivity contribution in [3.05, 3.63) is 18.6 Å². The van der Waals surface area contributed by atoms with Crippen molar-refractivity contribution in [2.45, 2.75) is 32.2 Å². The number of hydrogen-bond donors (Lipinski definition) is 1. The Labute approximate surface area is 96.9 Å². The van der Waals surface area contributed by atoms with Crippen LogP contribution in [-0.2, 0) is 0 Å². The third kappa shape index (κ3) is 2.50. The lowest BCUT2D eigenvalue weighted by Crippen LogP contribution is -2.41. The average molecular weight is 220 g/mol. The molecule has 1 aromatic heterocycles. The Bertz CT molecular complexity index is 306. The SMILES string of the molecule is CCC(N)C1CCN(c2ccncn2)CC1. The number of nitrogens with two attached hydrogens (primary N) is 1. The van der Waals surface area contributed by atoms with Gasteiger partial charge in [0.2, 0.25) is 0 Å². The van der Waals surface area contributed by atoms with Gasteiger partial charge < -0.3 is 10.6 Å². The third-order valence-electron chi connectivity index (χ3n) is 3.51. The lowest BCUT2D eigenvalue weighted by Gasteiger charge is -2.35. The number of aromatic nitrogens is 2. The van der Waals surface area contributed by atoms with Gasteiger partial charge in [0.25, 0.3) is 0 Å². The molecule has 0 bridgehead atoms. The Kier molecular flexibility index (Phi) is 3.72. The minimum absolute atomic E-state index is 0.368. The van der Waals surface area contributed by atoms with E-state index in [1.165, 1.54) is 12.8 Å². The minimum Gasteiger partial charge on any atom is -0.357 e. The molecule has 0 radical (unpaired) electrons. The first-order valence-corrected chi connectivity index (χ1v) is 6.07. The first-order chi connectivity index (χ1) is 7.81. The smallest absolute Gasteiger partial charge is 0.131 e. The second-order valence-electron chi connectivity index (χ2n) is 4.46. The van der Waals surface area contributed by atoms with Gasteiger partial charge in [-0.3, -0.25) is 0 Å². The van der Waals surface area contributed by atoms with Gasteiger partial charge >= 0.3 is 0 Å². The van der Waals surface area contributed by atoms with Crippen LogP contribution in [0.4, 0.5) is 5.82 Å². The van der Waals surface area contributed by atoms with Crippen LogP contribution in [0.2, 0.25) is 0 Å². The molecule has 0 spiro atoms. The maximum Gasteiger partial charge on any atom is 0.131 e. The summed E-state index contributed by atoms with van der Waals surface area (Å²) in [5.41, 5.74) is 6.09. The Morgan fingerprint density at radius 2 is 2.25 bits per heavy atom. The van der Waals surface area contributed by atoms with Crippen molar-refractivity contribution >= 4 is 5.82 Å². The second-order valence-corrected chi connectivity index (χ2v) is 4.46. The Hall–Kier alpha value is -1.16. The molecule has 16 heavy (non-hydrogen) atoms. The van der Waals surface area contributed by atoms with Gasteiger partial charge in [0.05, 0.1) is 0 Å². The molecule has 0 saturated carbocycles. The summed E-state index contributed by atoms with van der Waals surface area (Å²) in [6.07, 6.45) is 6.85. The summed E-state index contributed by atoms with van der Waals surface area (Å²) in [5, 5.41) is 0. The van der Waals surface area contributed by atoms with E-state index in [9.17, 15) is 0 Å². The van der Waals surface area contributed by atoms with Crippen molar-refractivity contribution in [3.63, 3.8) is 0 Å². The van der Waals surface area contributed by atoms with Gasteiger partial charge in [-0.2, -0.15) is 0 Å². The summed E-state index contributed by atoms with van der Waals surface area (Å²) < 4.78 is 0. The van der Waals surface area contributed by atoms with Crippen LogP contribution in [-0.4, -0.2) is 29.1 Å². The first kappa shape index (κ1) is 11.3. The Balaban J connectivity index is 1.91. The van der Waals surface area contributed by atoms with Crippen molar-refractivity contribution in [2.75, 3.05) is 18.0 Å². The molecular weight excluding hydrogens is 200 g/mol. The van der Waals surface area contributed by atoms with E-state index < -0.39 is 0 Å². The Morgan fingerprint density at radius 3 is 2.81 bits per heavy atom. The van der Waals surface area contributed by atoms with Gasteiger partial charge in [-0.05, 0) is 31.2 Å². The van der Waals surface area contributed by atoms with Crippen LogP contribution in [0.3, 0.4) is 0 Å². The van der Waals surface area contributed by atoms with Crippen LogP contribution < -0.4 is 10.6 Å². The van der Waals surface area contributed by atoms with Crippen LogP contribution in [0.15, 0.2) is 18.6 Å². The highest BCUT2D eigenvalue weighted by molar-refractivity contribution is 5.36. The highest BCUT2D eigenvalue weighted by atomic mass is 15.2. The maximum absolute atomic E-state index is 6.09. The molecule has 1 atom stereocenters. The molecular formula is C12H20N4. The van der Waals surface area contributed by atoms with Gasteiger partial charge in [-0.15, -0.1) is 0 Å². The van der Waals surface area contributed by atoms with Gasteiger partial charge in [0, 0.05) is 25.3 Å². The van der Waals surface area contributed by atoms with Gasteiger partial charge in [-0.1, -0.05) is 6.92 Å². The molecule has 2 rings (SSSR count). The average Bonchev–Trinajstić information content (AvgIpc) is 2.39. The molecule has 0 aliphatic carbocycles. The van der Waals surface area contributed by atoms with E-state index in [0.717, 1.165) is 25.3 Å². The Morgan fingerprint density at radius 1 is 1.50 bits per heavy atom. The number of rotatable bonds is 3. The predicted molar refractivity (Wildman–Crippen MR) is 65.2 cm³/mol.